The Labute approximate surface area is 117 Å². The van der Waals surface area contributed by atoms with Crippen molar-refractivity contribution in [2.24, 2.45) is 0 Å². The second kappa shape index (κ2) is 5.69. The summed E-state index contributed by atoms with van der Waals surface area (Å²) >= 11 is 0. The lowest BCUT2D eigenvalue weighted by Crippen LogP contribution is -2.22. The molecule has 0 aliphatic heterocycles. The Morgan fingerprint density at radius 1 is 1.40 bits per heavy atom. The van der Waals surface area contributed by atoms with Crippen molar-refractivity contribution in [3.05, 3.63) is 40.8 Å². The molecular formula is C15H17N3O2. The number of hydrogen-bond donors (Lipinski definition) is 2. The van der Waals surface area contributed by atoms with E-state index in [1.54, 1.807) is 19.1 Å². The number of aromatic nitrogens is 2. The van der Waals surface area contributed by atoms with Crippen LogP contribution in [0.5, 0.6) is 0 Å². The van der Waals surface area contributed by atoms with Crippen molar-refractivity contribution in [3.63, 3.8) is 0 Å². The quantitative estimate of drug-likeness (QED) is 0.837. The number of imidazole rings is 1. The molecule has 0 aliphatic carbocycles. The van der Waals surface area contributed by atoms with Crippen LogP contribution in [0.15, 0.2) is 18.2 Å². The molecule has 0 radical (unpaired) electrons. The van der Waals surface area contributed by atoms with Crippen molar-refractivity contribution in [1.82, 2.24) is 15.3 Å². The van der Waals surface area contributed by atoms with Crippen molar-refractivity contribution in [2.45, 2.75) is 20.8 Å². The summed E-state index contributed by atoms with van der Waals surface area (Å²) in [6.45, 7) is 6.16. The Kier molecular flexibility index (Phi) is 3.98. The maximum atomic E-state index is 11.9. The van der Waals surface area contributed by atoms with Gasteiger partial charge in [-0.25, -0.2) is 4.98 Å². The molecule has 0 saturated carbocycles. The molecule has 2 N–H and O–H groups in total. The van der Waals surface area contributed by atoms with Crippen LogP contribution in [0.1, 0.15) is 39.2 Å². The van der Waals surface area contributed by atoms with Gasteiger partial charge in [-0.15, -0.1) is 0 Å². The second-order valence-electron chi connectivity index (χ2n) is 4.59. The third kappa shape index (κ3) is 2.61. The molecule has 0 atom stereocenters. The first-order valence-corrected chi connectivity index (χ1v) is 6.47. The summed E-state index contributed by atoms with van der Waals surface area (Å²) in [7, 11) is 0. The number of hydrogen-bond acceptors (Lipinski definition) is 3. The van der Waals surface area contributed by atoms with Crippen LogP contribution in [0.4, 0.5) is 0 Å². The number of aromatic amines is 1. The number of carbonyl (C=O) groups excluding carboxylic acids is 2. The van der Waals surface area contributed by atoms with E-state index in [1.165, 1.54) is 0 Å². The molecule has 0 unspecified atom stereocenters. The van der Waals surface area contributed by atoms with Crippen molar-refractivity contribution in [1.29, 1.82) is 0 Å². The molecular weight excluding hydrogens is 254 g/mol. The van der Waals surface area contributed by atoms with E-state index < -0.39 is 0 Å². The van der Waals surface area contributed by atoms with Crippen LogP contribution in [0.3, 0.4) is 0 Å². The van der Waals surface area contributed by atoms with Crippen LogP contribution in [0.25, 0.3) is 11.3 Å². The zero-order valence-corrected chi connectivity index (χ0v) is 11.8. The highest BCUT2D eigenvalue weighted by molar-refractivity contribution is 5.96. The van der Waals surface area contributed by atoms with E-state index in [1.807, 2.05) is 19.9 Å². The van der Waals surface area contributed by atoms with Gasteiger partial charge in [0.05, 0.1) is 5.69 Å². The molecule has 0 saturated heterocycles. The number of amides is 1. The SMILES string of the molecule is CCNC(=O)c1ccc(C)c(-c2nc(C)[nH]c2C=O)c1. The van der Waals surface area contributed by atoms with Gasteiger partial charge in [0, 0.05) is 17.7 Å². The van der Waals surface area contributed by atoms with Crippen molar-refractivity contribution in [2.75, 3.05) is 6.54 Å². The maximum Gasteiger partial charge on any atom is 0.251 e. The van der Waals surface area contributed by atoms with Gasteiger partial charge in [0.1, 0.15) is 11.5 Å². The lowest BCUT2D eigenvalue weighted by atomic mass is 10.0. The summed E-state index contributed by atoms with van der Waals surface area (Å²) in [5.41, 5.74) is 3.33. The minimum Gasteiger partial charge on any atom is -0.352 e. The zero-order valence-electron chi connectivity index (χ0n) is 11.8. The average molecular weight is 271 g/mol. The Balaban J connectivity index is 2.52. The molecule has 2 rings (SSSR count). The molecule has 1 amide bonds. The number of benzene rings is 1. The molecule has 1 heterocycles. The van der Waals surface area contributed by atoms with Gasteiger partial charge in [-0.3, -0.25) is 9.59 Å². The topological polar surface area (TPSA) is 74.8 Å². The highest BCUT2D eigenvalue weighted by atomic mass is 16.1. The van der Waals surface area contributed by atoms with E-state index in [2.05, 4.69) is 15.3 Å². The highest BCUT2D eigenvalue weighted by Gasteiger charge is 2.14. The van der Waals surface area contributed by atoms with Gasteiger partial charge in [-0.2, -0.15) is 0 Å². The van der Waals surface area contributed by atoms with E-state index in [0.29, 0.717) is 29.3 Å². The normalized spacial score (nSPS) is 10.3. The standard InChI is InChI=1S/C15H17N3O2/c1-4-16-15(20)11-6-5-9(2)12(7-11)14-13(8-19)17-10(3)18-14/h5-8H,4H2,1-3H3,(H,16,20)(H,17,18). The summed E-state index contributed by atoms with van der Waals surface area (Å²) in [6.07, 6.45) is 0.744. The largest absolute Gasteiger partial charge is 0.352 e. The minimum absolute atomic E-state index is 0.131. The third-order valence-electron chi connectivity index (χ3n) is 3.06. The fraction of sp³-hybridized carbons (Fsp3) is 0.267. The van der Waals surface area contributed by atoms with E-state index in [-0.39, 0.29) is 5.91 Å². The van der Waals surface area contributed by atoms with Crippen LogP contribution in [-0.2, 0) is 0 Å². The summed E-state index contributed by atoms with van der Waals surface area (Å²) in [5, 5.41) is 2.76. The molecule has 0 aliphatic rings. The average Bonchev–Trinajstić information content (AvgIpc) is 2.80. The van der Waals surface area contributed by atoms with Crippen LogP contribution in [-0.4, -0.2) is 28.7 Å². The predicted octanol–water partition coefficient (Wildman–Crippen LogP) is 2.26. The van der Waals surface area contributed by atoms with E-state index in [4.69, 9.17) is 0 Å². The first-order chi connectivity index (χ1) is 9.56. The Hall–Kier alpha value is -2.43. The number of aryl methyl sites for hydroxylation is 2. The fourth-order valence-corrected chi connectivity index (χ4v) is 2.08. The van der Waals surface area contributed by atoms with Gasteiger partial charge in [0.2, 0.25) is 0 Å². The molecule has 0 bridgehead atoms. The number of aldehydes is 1. The van der Waals surface area contributed by atoms with Crippen molar-refractivity contribution < 1.29 is 9.59 Å². The van der Waals surface area contributed by atoms with Crippen LogP contribution >= 0.6 is 0 Å². The van der Waals surface area contributed by atoms with Crippen LogP contribution < -0.4 is 5.32 Å². The van der Waals surface area contributed by atoms with E-state index in [9.17, 15) is 9.59 Å². The zero-order chi connectivity index (χ0) is 14.7. The highest BCUT2D eigenvalue weighted by Crippen LogP contribution is 2.25. The molecule has 1 aromatic carbocycles. The number of nitrogens with one attached hydrogen (secondary N) is 2. The molecule has 2 aromatic rings. The van der Waals surface area contributed by atoms with Crippen molar-refractivity contribution in [3.8, 4) is 11.3 Å². The minimum atomic E-state index is -0.131. The second-order valence-corrected chi connectivity index (χ2v) is 4.59. The van der Waals surface area contributed by atoms with Crippen molar-refractivity contribution >= 4 is 12.2 Å². The molecule has 20 heavy (non-hydrogen) atoms. The summed E-state index contributed by atoms with van der Waals surface area (Å²) < 4.78 is 0. The Morgan fingerprint density at radius 2 is 2.15 bits per heavy atom. The van der Waals surface area contributed by atoms with Gasteiger partial charge in [-0.1, -0.05) is 6.07 Å². The molecule has 5 heteroatoms. The summed E-state index contributed by atoms with van der Waals surface area (Å²) in [6, 6.07) is 5.39. The van der Waals surface area contributed by atoms with E-state index >= 15 is 0 Å². The molecule has 5 nitrogen and oxygen atoms in total. The van der Waals surface area contributed by atoms with E-state index in [0.717, 1.165) is 17.4 Å². The summed E-state index contributed by atoms with van der Waals surface area (Å²) in [5.74, 6) is 0.540. The van der Waals surface area contributed by atoms with Gasteiger partial charge in [-0.05, 0) is 38.5 Å². The predicted molar refractivity (Wildman–Crippen MR) is 76.9 cm³/mol. The fourth-order valence-electron chi connectivity index (χ4n) is 2.08. The van der Waals surface area contributed by atoms with Crippen LogP contribution in [0.2, 0.25) is 0 Å². The molecule has 104 valence electrons. The lowest BCUT2D eigenvalue weighted by Gasteiger charge is -2.07. The monoisotopic (exact) mass is 271 g/mol. The van der Waals surface area contributed by atoms with Crippen LogP contribution in [0, 0.1) is 13.8 Å². The third-order valence-corrected chi connectivity index (χ3v) is 3.06. The Bertz CT molecular complexity index is 659. The molecule has 0 spiro atoms. The lowest BCUT2D eigenvalue weighted by molar-refractivity contribution is 0.0955. The smallest absolute Gasteiger partial charge is 0.251 e. The summed E-state index contributed by atoms with van der Waals surface area (Å²) in [4.78, 5) is 30.2. The molecule has 0 fully saturated rings. The first kappa shape index (κ1) is 14.0. The Morgan fingerprint density at radius 3 is 2.80 bits per heavy atom. The van der Waals surface area contributed by atoms with Gasteiger partial charge in [0.25, 0.3) is 5.91 Å². The number of nitrogens with zero attached hydrogens (tertiary/aromatic N) is 1. The van der Waals surface area contributed by atoms with Gasteiger partial charge >= 0.3 is 0 Å². The number of H-pyrrole nitrogens is 1. The number of carbonyl (C=O) groups is 2. The van der Waals surface area contributed by atoms with Gasteiger partial charge < -0.3 is 10.3 Å². The van der Waals surface area contributed by atoms with Gasteiger partial charge in [0.15, 0.2) is 6.29 Å². The maximum absolute atomic E-state index is 11.9. The number of rotatable bonds is 4. The first-order valence-electron chi connectivity index (χ1n) is 6.47. The molecule has 1 aromatic heterocycles.